The molecular weight excluding hydrogens is 1200 g/mol. The lowest BCUT2D eigenvalue weighted by molar-refractivity contribution is 0.482. The highest BCUT2D eigenvalue weighted by molar-refractivity contribution is 5.92. The van der Waals surface area contributed by atoms with Crippen LogP contribution in [0, 0.1) is 25.5 Å². The van der Waals surface area contributed by atoms with Crippen molar-refractivity contribution in [1.29, 1.82) is 0 Å². The van der Waals surface area contributed by atoms with Gasteiger partial charge < -0.3 is 19.3 Å². The molecule has 470 valence electrons. The molecule has 14 aromatic rings. The largest absolute Gasteiger partial charge is 0.457 e. The first kappa shape index (κ1) is 60.6. The van der Waals surface area contributed by atoms with Gasteiger partial charge in [0.05, 0.1) is 22.2 Å². The van der Waals surface area contributed by atoms with E-state index in [1.54, 1.807) is 12.1 Å². The minimum absolute atomic E-state index is 0.352. The van der Waals surface area contributed by atoms with Gasteiger partial charge in [-0.2, -0.15) is 0 Å². The molecule has 0 spiro atoms. The van der Waals surface area contributed by atoms with Gasteiger partial charge in [-0.15, -0.1) is 0 Å². The van der Waals surface area contributed by atoms with Crippen LogP contribution in [0.3, 0.4) is 0 Å². The van der Waals surface area contributed by atoms with Gasteiger partial charge in [0.2, 0.25) is 0 Å². The zero-order valence-corrected chi connectivity index (χ0v) is 54.2. The molecule has 16 rings (SSSR count). The molecule has 0 aliphatic heterocycles. The van der Waals surface area contributed by atoms with Crippen LogP contribution in [-0.2, 0) is 10.8 Å². The summed E-state index contributed by atoms with van der Waals surface area (Å²) in [5.74, 6) is 2.20. The van der Waals surface area contributed by atoms with E-state index in [0.717, 1.165) is 146 Å². The summed E-state index contributed by atoms with van der Waals surface area (Å²) in [5, 5.41) is 0. The lowest BCUT2D eigenvalue weighted by atomic mass is 9.67. The van der Waals surface area contributed by atoms with Crippen LogP contribution < -0.4 is 19.3 Å². The minimum Gasteiger partial charge on any atom is -0.457 e. The number of anilines is 6. The van der Waals surface area contributed by atoms with Crippen molar-refractivity contribution < 1.29 is 18.3 Å². The van der Waals surface area contributed by atoms with Crippen LogP contribution in [0.1, 0.15) is 66.8 Å². The standard InChI is InChI=1S/C92H66F2N2O2/c1-5-63-27-49-75(50-28-63)97-77-53-39-69(40-54-77)91(67-35-23-61(3)24-36-67)83-17-9-7-15-79(83)81-57-47-73(59-85(81)91)95(89-21-13-11-19-87(89)93)71-43-31-65(32-44-71)66-33-45-72(46-34-66)96(90-22-14-12-20-88(90)94)74-48-58-82-80-16-8-10-18-84(80)92(86(82)60-74,68-37-25-62(4)26-38-68)70-41-55-78(56-42-70)98-76-51-29-64(6-2)30-52-76/h5-60H,1-2H2,3-4H3. The summed E-state index contributed by atoms with van der Waals surface area (Å²) < 4.78 is 46.2. The minimum atomic E-state index is -0.763. The van der Waals surface area contributed by atoms with Gasteiger partial charge in [0.1, 0.15) is 34.6 Å². The smallest absolute Gasteiger partial charge is 0.147 e. The highest BCUT2D eigenvalue weighted by Gasteiger charge is 2.48. The van der Waals surface area contributed by atoms with Gasteiger partial charge in [0, 0.05) is 22.7 Å². The second-order valence-electron chi connectivity index (χ2n) is 25.2. The predicted molar refractivity (Wildman–Crippen MR) is 398 cm³/mol. The predicted octanol–water partition coefficient (Wildman–Crippen LogP) is 24.8. The summed E-state index contributed by atoms with van der Waals surface area (Å²) in [6.45, 7) is 12.0. The normalized spacial score (nSPS) is 14.7. The number of halogens is 2. The molecule has 2 aliphatic carbocycles. The summed E-state index contributed by atoms with van der Waals surface area (Å²) in [5.41, 5.74) is 22.0. The fraction of sp³-hybridized carbons (Fsp3) is 0.0435. The van der Waals surface area contributed by atoms with E-state index in [0.29, 0.717) is 11.4 Å². The maximum atomic E-state index is 16.7. The fourth-order valence-electron chi connectivity index (χ4n) is 14.9. The Morgan fingerprint density at radius 3 is 0.939 bits per heavy atom. The van der Waals surface area contributed by atoms with Crippen LogP contribution in [-0.4, -0.2) is 0 Å². The third kappa shape index (κ3) is 10.5. The number of benzene rings is 14. The van der Waals surface area contributed by atoms with Gasteiger partial charge in [-0.05, 0) is 224 Å². The maximum absolute atomic E-state index is 16.7. The first-order valence-corrected chi connectivity index (χ1v) is 33.0. The molecule has 0 saturated heterocycles. The molecule has 2 atom stereocenters. The fourth-order valence-corrected chi connectivity index (χ4v) is 14.9. The van der Waals surface area contributed by atoms with E-state index >= 15 is 8.78 Å². The molecule has 6 heteroatoms. The zero-order valence-electron chi connectivity index (χ0n) is 54.2. The lowest BCUT2D eigenvalue weighted by Crippen LogP contribution is -2.29. The topological polar surface area (TPSA) is 24.9 Å². The molecule has 2 unspecified atom stereocenters. The summed E-state index contributed by atoms with van der Waals surface area (Å²) in [4.78, 5) is 4.03. The number of rotatable bonds is 17. The van der Waals surface area contributed by atoms with E-state index in [-0.39, 0.29) is 11.6 Å². The molecule has 0 bridgehead atoms. The highest BCUT2D eigenvalue weighted by Crippen LogP contribution is 2.60. The van der Waals surface area contributed by atoms with Crippen LogP contribution in [0.4, 0.5) is 42.9 Å². The van der Waals surface area contributed by atoms with Gasteiger partial charge in [0.15, 0.2) is 0 Å². The van der Waals surface area contributed by atoms with E-state index in [4.69, 9.17) is 9.47 Å². The van der Waals surface area contributed by atoms with Crippen molar-refractivity contribution in [2.45, 2.75) is 24.7 Å². The van der Waals surface area contributed by atoms with E-state index in [1.165, 1.54) is 12.1 Å². The molecule has 0 fully saturated rings. The van der Waals surface area contributed by atoms with E-state index in [9.17, 15) is 0 Å². The van der Waals surface area contributed by atoms with Crippen molar-refractivity contribution in [3.63, 3.8) is 0 Å². The Hall–Kier alpha value is -12.4. The van der Waals surface area contributed by atoms with Gasteiger partial charge in [-0.1, -0.05) is 243 Å². The average molecular weight is 1270 g/mol. The van der Waals surface area contributed by atoms with E-state index in [2.05, 4.69) is 233 Å². The van der Waals surface area contributed by atoms with Crippen LogP contribution in [0.15, 0.2) is 341 Å². The molecule has 0 N–H and O–H groups in total. The Kier molecular flexibility index (Phi) is 15.5. The molecule has 0 aromatic heterocycles. The average Bonchev–Trinajstić information content (AvgIpc) is 1.53. The van der Waals surface area contributed by atoms with Crippen LogP contribution in [0.2, 0.25) is 0 Å². The number of hydrogen-bond donors (Lipinski definition) is 0. The lowest BCUT2D eigenvalue weighted by Gasteiger charge is -2.35. The van der Waals surface area contributed by atoms with Crippen molar-refractivity contribution in [3.05, 3.63) is 419 Å². The third-order valence-electron chi connectivity index (χ3n) is 19.6. The Bertz CT molecular complexity index is 4980. The Morgan fingerprint density at radius 1 is 0.296 bits per heavy atom. The molecule has 4 nitrogen and oxygen atoms in total. The van der Waals surface area contributed by atoms with Crippen LogP contribution >= 0.6 is 0 Å². The number of hydrogen-bond acceptors (Lipinski definition) is 4. The first-order valence-electron chi connectivity index (χ1n) is 33.0. The van der Waals surface area contributed by atoms with Gasteiger partial charge >= 0.3 is 0 Å². The van der Waals surface area contributed by atoms with Crippen LogP contribution in [0.5, 0.6) is 23.0 Å². The monoisotopic (exact) mass is 1270 g/mol. The quantitative estimate of drug-likeness (QED) is 0.0907. The molecule has 0 radical (unpaired) electrons. The van der Waals surface area contributed by atoms with Crippen molar-refractivity contribution in [1.82, 2.24) is 0 Å². The number of fused-ring (bicyclic) bond motifs is 6. The number of para-hydroxylation sites is 2. The van der Waals surface area contributed by atoms with E-state index in [1.807, 2.05) is 119 Å². The SMILES string of the molecule is C=Cc1ccc(Oc2ccc(C3(c4ccc(C)cc4)c4ccccc4-c4ccc(N(c5ccc(-c6ccc(N(c7ccc8c(c7)C(c7ccc(C)cc7)(c7ccc(Oc9ccc(C=C)cc9)cc7)c7ccccc7-8)c7ccccc7F)cc6)cc5)c5ccccc5F)cc43)cc2)cc1. The molecule has 0 heterocycles. The number of nitrogens with zero attached hydrogens (tertiary/aromatic N) is 2. The van der Waals surface area contributed by atoms with E-state index < -0.39 is 10.8 Å². The molecular formula is C92H66F2N2O2. The summed E-state index contributed by atoms with van der Waals surface area (Å²) in [7, 11) is 0. The first-order chi connectivity index (χ1) is 48.1. The maximum Gasteiger partial charge on any atom is 0.147 e. The van der Waals surface area contributed by atoms with Gasteiger partial charge in [-0.3, -0.25) is 0 Å². The molecule has 14 aromatic carbocycles. The van der Waals surface area contributed by atoms with Crippen molar-refractivity contribution >= 4 is 46.3 Å². The number of ether oxygens (including phenoxy) is 2. The molecule has 98 heavy (non-hydrogen) atoms. The second-order valence-corrected chi connectivity index (χ2v) is 25.2. The van der Waals surface area contributed by atoms with Crippen molar-refractivity contribution in [2.75, 3.05) is 9.80 Å². The summed E-state index contributed by atoms with van der Waals surface area (Å²) in [6.07, 6.45) is 3.64. The second kappa shape index (κ2) is 25.1. The van der Waals surface area contributed by atoms with Crippen molar-refractivity contribution in [3.8, 4) is 56.4 Å². The van der Waals surface area contributed by atoms with Gasteiger partial charge in [0.25, 0.3) is 0 Å². The Balaban J connectivity index is 0.767. The molecule has 0 amide bonds. The van der Waals surface area contributed by atoms with Gasteiger partial charge in [-0.25, -0.2) is 8.78 Å². The van der Waals surface area contributed by atoms with Crippen LogP contribution in [0.25, 0.3) is 45.5 Å². The summed E-state index contributed by atoms with van der Waals surface area (Å²) in [6, 6.07) is 111. The number of aryl methyl sites for hydroxylation is 2. The summed E-state index contributed by atoms with van der Waals surface area (Å²) >= 11 is 0. The molecule has 0 saturated carbocycles. The Labute approximate surface area is 571 Å². The zero-order chi connectivity index (χ0) is 66.5. The molecule has 2 aliphatic rings. The Morgan fingerprint density at radius 2 is 0.592 bits per heavy atom. The highest BCUT2D eigenvalue weighted by atomic mass is 19.1. The third-order valence-corrected chi connectivity index (χ3v) is 19.6. The van der Waals surface area contributed by atoms with Crippen molar-refractivity contribution in [2.24, 2.45) is 0 Å².